The minimum atomic E-state index is 0.676. The van der Waals surface area contributed by atoms with Crippen LogP contribution in [0.5, 0.6) is 5.88 Å². The largest absolute Gasteiger partial charge is 0.477 e. The predicted octanol–water partition coefficient (Wildman–Crippen LogP) is 2.09. The third-order valence-electron chi connectivity index (χ3n) is 2.36. The van der Waals surface area contributed by atoms with Gasteiger partial charge in [0, 0.05) is 12.6 Å². The molecule has 0 unspecified atom stereocenters. The van der Waals surface area contributed by atoms with Crippen LogP contribution in [-0.4, -0.2) is 23.1 Å². The molecule has 0 amide bonds. The summed E-state index contributed by atoms with van der Waals surface area (Å²) in [5, 5.41) is 3.21. The van der Waals surface area contributed by atoms with Crippen molar-refractivity contribution in [3.05, 3.63) is 12.4 Å². The number of nitrogens with zero attached hydrogens (tertiary/aromatic N) is 2. The van der Waals surface area contributed by atoms with E-state index in [-0.39, 0.29) is 0 Å². The zero-order valence-corrected chi connectivity index (χ0v) is 9.07. The lowest BCUT2D eigenvalue weighted by Gasteiger charge is -2.06. The molecule has 1 aromatic rings. The zero-order chi connectivity index (χ0) is 10.5. The second-order valence-electron chi connectivity index (χ2n) is 3.92. The Balaban J connectivity index is 1.85. The van der Waals surface area contributed by atoms with Gasteiger partial charge in [0.15, 0.2) is 0 Å². The second-order valence-corrected chi connectivity index (χ2v) is 3.92. The van der Waals surface area contributed by atoms with Crippen LogP contribution in [-0.2, 0) is 0 Å². The van der Waals surface area contributed by atoms with E-state index in [0.717, 1.165) is 31.3 Å². The first-order chi connectivity index (χ1) is 7.38. The van der Waals surface area contributed by atoms with Crippen molar-refractivity contribution in [3.63, 3.8) is 0 Å². The van der Waals surface area contributed by atoms with Gasteiger partial charge in [-0.1, -0.05) is 6.92 Å². The Morgan fingerprint density at radius 2 is 2.33 bits per heavy atom. The van der Waals surface area contributed by atoms with Gasteiger partial charge in [0.1, 0.15) is 12.1 Å². The average Bonchev–Trinajstić information content (AvgIpc) is 3.08. The number of hydrogen-bond donors (Lipinski definition) is 1. The molecule has 1 heterocycles. The van der Waals surface area contributed by atoms with Gasteiger partial charge in [0.05, 0.1) is 6.61 Å². The van der Waals surface area contributed by atoms with Crippen molar-refractivity contribution < 1.29 is 4.74 Å². The fourth-order valence-corrected chi connectivity index (χ4v) is 1.26. The van der Waals surface area contributed by atoms with Crippen LogP contribution in [0.15, 0.2) is 12.4 Å². The Bertz CT molecular complexity index is 312. The van der Waals surface area contributed by atoms with Crippen molar-refractivity contribution >= 4 is 5.82 Å². The van der Waals surface area contributed by atoms with E-state index in [2.05, 4.69) is 22.2 Å². The molecule has 0 atom stereocenters. The molecule has 0 spiro atoms. The van der Waals surface area contributed by atoms with Crippen LogP contribution in [0, 0.1) is 5.92 Å². The highest BCUT2D eigenvalue weighted by Crippen LogP contribution is 2.29. The molecule has 0 aromatic carbocycles. The first-order valence-corrected chi connectivity index (χ1v) is 5.57. The molecule has 1 saturated carbocycles. The van der Waals surface area contributed by atoms with Crippen LogP contribution < -0.4 is 10.1 Å². The first kappa shape index (κ1) is 10.2. The molecule has 1 fully saturated rings. The summed E-state index contributed by atoms with van der Waals surface area (Å²) in [5.74, 6) is 2.28. The Hall–Kier alpha value is -1.32. The minimum Gasteiger partial charge on any atom is -0.477 e. The number of aromatic nitrogens is 2. The topological polar surface area (TPSA) is 47.0 Å². The molecule has 15 heavy (non-hydrogen) atoms. The molecule has 1 aromatic heterocycles. The SMILES string of the molecule is CCCNc1cc(OCC2CC2)ncn1. The summed E-state index contributed by atoms with van der Waals surface area (Å²) < 4.78 is 5.56. The molecule has 82 valence electrons. The van der Waals surface area contributed by atoms with Gasteiger partial charge in [-0.25, -0.2) is 9.97 Å². The minimum absolute atomic E-state index is 0.676. The number of ether oxygens (including phenoxy) is 1. The standard InChI is InChI=1S/C11H17N3O/c1-2-5-12-10-6-11(14-8-13-10)15-7-9-3-4-9/h6,8-9H,2-5,7H2,1H3,(H,12,13,14). The molecule has 0 bridgehead atoms. The van der Waals surface area contributed by atoms with E-state index in [9.17, 15) is 0 Å². The van der Waals surface area contributed by atoms with Crippen LogP contribution >= 0.6 is 0 Å². The zero-order valence-electron chi connectivity index (χ0n) is 9.07. The van der Waals surface area contributed by atoms with Gasteiger partial charge in [-0.15, -0.1) is 0 Å². The van der Waals surface area contributed by atoms with Crippen molar-refractivity contribution in [1.82, 2.24) is 9.97 Å². The normalized spacial score (nSPS) is 15.0. The second kappa shape index (κ2) is 4.96. The first-order valence-electron chi connectivity index (χ1n) is 5.57. The highest BCUT2D eigenvalue weighted by atomic mass is 16.5. The Morgan fingerprint density at radius 3 is 3.07 bits per heavy atom. The molecule has 0 radical (unpaired) electrons. The van der Waals surface area contributed by atoms with E-state index >= 15 is 0 Å². The van der Waals surface area contributed by atoms with Crippen LogP contribution in [0.4, 0.5) is 5.82 Å². The number of nitrogens with one attached hydrogen (secondary N) is 1. The van der Waals surface area contributed by atoms with Crippen LogP contribution in [0.25, 0.3) is 0 Å². The van der Waals surface area contributed by atoms with Crippen LogP contribution in [0.3, 0.4) is 0 Å². The van der Waals surface area contributed by atoms with Gasteiger partial charge in [0.2, 0.25) is 5.88 Å². The Morgan fingerprint density at radius 1 is 1.47 bits per heavy atom. The Labute approximate surface area is 90.1 Å². The lowest BCUT2D eigenvalue weighted by molar-refractivity contribution is 0.288. The molecule has 4 nitrogen and oxygen atoms in total. The smallest absolute Gasteiger partial charge is 0.218 e. The van der Waals surface area contributed by atoms with Crippen molar-refractivity contribution in [2.24, 2.45) is 5.92 Å². The lowest BCUT2D eigenvalue weighted by atomic mass is 10.4. The van der Waals surface area contributed by atoms with E-state index in [1.165, 1.54) is 12.8 Å². The molecule has 2 rings (SSSR count). The summed E-state index contributed by atoms with van der Waals surface area (Å²) in [7, 11) is 0. The van der Waals surface area contributed by atoms with E-state index in [1.807, 2.05) is 6.07 Å². The van der Waals surface area contributed by atoms with E-state index < -0.39 is 0 Å². The van der Waals surface area contributed by atoms with Crippen molar-refractivity contribution in [2.75, 3.05) is 18.5 Å². The molecular formula is C11H17N3O. The maximum atomic E-state index is 5.56. The summed E-state index contributed by atoms with van der Waals surface area (Å²) in [6.07, 6.45) is 5.22. The van der Waals surface area contributed by atoms with Gasteiger partial charge in [0.25, 0.3) is 0 Å². The fraction of sp³-hybridized carbons (Fsp3) is 0.636. The number of rotatable bonds is 6. The highest BCUT2D eigenvalue weighted by Gasteiger charge is 2.22. The summed E-state index contributed by atoms with van der Waals surface area (Å²) in [6.45, 7) is 3.85. The van der Waals surface area contributed by atoms with Crippen molar-refractivity contribution in [2.45, 2.75) is 26.2 Å². The quantitative estimate of drug-likeness (QED) is 0.776. The van der Waals surface area contributed by atoms with E-state index in [4.69, 9.17) is 4.74 Å². The fourth-order valence-electron chi connectivity index (χ4n) is 1.26. The summed E-state index contributed by atoms with van der Waals surface area (Å²) in [6, 6.07) is 1.86. The van der Waals surface area contributed by atoms with Crippen LogP contribution in [0.1, 0.15) is 26.2 Å². The van der Waals surface area contributed by atoms with Gasteiger partial charge in [-0.05, 0) is 25.2 Å². The third-order valence-corrected chi connectivity index (χ3v) is 2.36. The third kappa shape index (κ3) is 3.38. The van der Waals surface area contributed by atoms with Crippen molar-refractivity contribution in [3.8, 4) is 5.88 Å². The summed E-state index contributed by atoms with van der Waals surface area (Å²) in [5.41, 5.74) is 0. The molecule has 4 heteroatoms. The van der Waals surface area contributed by atoms with E-state index in [0.29, 0.717) is 5.88 Å². The summed E-state index contributed by atoms with van der Waals surface area (Å²) in [4.78, 5) is 8.19. The molecule has 0 saturated heterocycles. The maximum Gasteiger partial charge on any atom is 0.218 e. The van der Waals surface area contributed by atoms with Gasteiger partial charge in [-0.2, -0.15) is 0 Å². The van der Waals surface area contributed by atoms with Crippen molar-refractivity contribution in [1.29, 1.82) is 0 Å². The molecule has 1 aliphatic carbocycles. The van der Waals surface area contributed by atoms with Gasteiger partial charge in [-0.3, -0.25) is 0 Å². The predicted molar refractivity (Wildman–Crippen MR) is 59.0 cm³/mol. The van der Waals surface area contributed by atoms with Crippen LogP contribution in [0.2, 0.25) is 0 Å². The average molecular weight is 207 g/mol. The number of hydrogen-bond acceptors (Lipinski definition) is 4. The molecule has 0 aliphatic heterocycles. The Kier molecular flexibility index (Phi) is 3.37. The highest BCUT2D eigenvalue weighted by molar-refractivity contribution is 5.36. The van der Waals surface area contributed by atoms with E-state index in [1.54, 1.807) is 6.33 Å². The van der Waals surface area contributed by atoms with Gasteiger partial charge >= 0.3 is 0 Å². The number of anilines is 1. The molecule has 1 N–H and O–H groups in total. The summed E-state index contributed by atoms with van der Waals surface area (Å²) >= 11 is 0. The monoisotopic (exact) mass is 207 g/mol. The molecule has 1 aliphatic rings. The van der Waals surface area contributed by atoms with Gasteiger partial charge < -0.3 is 10.1 Å². The lowest BCUT2D eigenvalue weighted by Crippen LogP contribution is -2.05. The molecular weight excluding hydrogens is 190 g/mol. The maximum absolute atomic E-state index is 5.56.